The van der Waals surface area contributed by atoms with Gasteiger partial charge in [-0.15, -0.1) is 0 Å². The Morgan fingerprint density at radius 3 is 2.46 bits per heavy atom. The number of hydrogen-bond donors (Lipinski definition) is 1. The number of carbonyl (C=O) groups excluding carboxylic acids is 2. The van der Waals surface area contributed by atoms with Gasteiger partial charge in [-0.1, -0.05) is 30.3 Å². The lowest BCUT2D eigenvalue weighted by Crippen LogP contribution is -2.38. The Morgan fingerprint density at radius 1 is 1.12 bits per heavy atom. The molecule has 26 heavy (non-hydrogen) atoms. The molecule has 0 fully saturated rings. The summed E-state index contributed by atoms with van der Waals surface area (Å²) in [5, 5.41) is 18.8. The van der Waals surface area contributed by atoms with Gasteiger partial charge in [0.1, 0.15) is 5.71 Å². The average Bonchev–Trinajstić information content (AvgIpc) is 2.67. The number of amides is 2. The topological polar surface area (TPSA) is 105 Å². The first-order valence-electron chi connectivity index (χ1n) is 8.01. The predicted molar refractivity (Wildman–Crippen MR) is 95.5 cm³/mol. The number of hydrogen-bond acceptors (Lipinski definition) is 5. The standard InChI is InChI=1S/C18H16N4O4/c23-17-11-10-16(20-21(17)14-4-2-1-3-5-14)18(24)19-12-13-6-8-15(9-7-13)22(25)26/h1-9H,10-12H2,(H,19,24). The Morgan fingerprint density at radius 2 is 1.81 bits per heavy atom. The van der Waals surface area contributed by atoms with E-state index in [1.165, 1.54) is 17.1 Å². The fourth-order valence-corrected chi connectivity index (χ4v) is 2.51. The average molecular weight is 352 g/mol. The van der Waals surface area contributed by atoms with Gasteiger partial charge in [-0.25, -0.2) is 5.01 Å². The molecule has 0 saturated heterocycles. The van der Waals surface area contributed by atoms with E-state index in [9.17, 15) is 19.7 Å². The Kier molecular flexibility index (Phi) is 5.02. The van der Waals surface area contributed by atoms with Crippen molar-refractivity contribution in [3.05, 3.63) is 70.3 Å². The molecule has 0 unspecified atom stereocenters. The van der Waals surface area contributed by atoms with E-state index in [2.05, 4.69) is 10.4 Å². The SMILES string of the molecule is O=C(NCc1ccc([N+](=O)[O-])cc1)C1=NN(c2ccccc2)C(=O)CC1. The van der Waals surface area contributed by atoms with Crippen LogP contribution in [-0.2, 0) is 16.1 Å². The molecule has 1 aliphatic rings. The van der Waals surface area contributed by atoms with Gasteiger partial charge in [-0.05, 0) is 17.7 Å². The van der Waals surface area contributed by atoms with Crippen LogP contribution in [0.3, 0.4) is 0 Å². The zero-order valence-corrected chi connectivity index (χ0v) is 13.8. The molecule has 0 atom stereocenters. The summed E-state index contributed by atoms with van der Waals surface area (Å²) >= 11 is 0. The third-order valence-corrected chi connectivity index (χ3v) is 3.90. The molecular formula is C18H16N4O4. The number of benzene rings is 2. The molecule has 0 aromatic heterocycles. The summed E-state index contributed by atoms with van der Waals surface area (Å²) in [7, 11) is 0. The van der Waals surface area contributed by atoms with E-state index >= 15 is 0 Å². The fourth-order valence-electron chi connectivity index (χ4n) is 2.51. The monoisotopic (exact) mass is 352 g/mol. The molecule has 1 N–H and O–H groups in total. The zero-order valence-electron chi connectivity index (χ0n) is 13.8. The smallest absolute Gasteiger partial charge is 0.269 e. The number of para-hydroxylation sites is 1. The molecule has 2 aromatic rings. The van der Waals surface area contributed by atoms with Crippen LogP contribution in [0.15, 0.2) is 59.7 Å². The lowest BCUT2D eigenvalue weighted by molar-refractivity contribution is -0.384. The number of anilines is 1. The van der Waals surface area contributed by atoms with Gasteiger partial charge in [0, 0.05) is 31.5 Å². The molecular weight excluding hydrogens is 336 g/mol. The van der Waals surface area contributed by atoms with Crippen molar-refractivity contribution in [2.24, 2.45) is 5.10 Å². The number of nitro benzene ring substituents is 1. The molecule has 1 aliphatic heterocycles. The van der Waals surface area contributed by atoms with Crippen molar-refractivity contribution in [2.75, 3.05) is 5.01 Å². The van der Waals surface area contributed by atoms with Gasteiger partial charge in [-0.2, -0.15) is 5.10 Å². The highest BCUT2D eigenvalue weighted by Gasteiger charge is 2.25. The third-order valence-electron chi connectivity index (χ3n) is 3.90. The minimum Gasteiger partial charge on any atom is -0.347 e. The molecule has 1 heterocycles. The number of non-ortho nitro benzene ring substituents is 1. The van der Waals surface area contributed by atoms with Gasteiger partial charge in [0.2, 0.25) is 5.91 Å². The molecule has 0 spiro atoms. The Hall–Kier alpha value is -3.55. The number of nitrogens with one attached hydrogen (secondary N) is 1. The van der Waals surface area contributed by atoms with E-state index in [4.69, 9.17) is 0 Å². The minimum absolute atomic E-state index is 0.00579. The molecule has 8 nitrogen and oxygen atoms in total. The highest BCUT2D eigenvalue weighted by Crippen LogP contribution is 2.19. The number of hydrazone groups is 1. The van der Waals surface area contributed by atoms with Gasteiger partial charge in [0.05, 0.1) is 10.6 Å². The van der Waals surface area contributed by atoms with Crippen molar-refractivity contribution in [2.45, 2.75) is 19.4 Å². The maximum atomic E-state index is 12.3. The van der Waals surface area contributed by atoms with E-state index in [0.29, 0.717) is 5.69 Å². The van der Waals surface area contributed by atoms with Crippen LogP contribution in [0, 0.1) is 10.1 Å². The molecule has 0 saturated carbocycles. The predicted octanol–water partition coefficient (Wildman–Crippen LogP) is 2.39. The van der Waals surface area contributed by atoms with Crippen LogP contribution in [0.4, 0.5) is 11.4 Å². The lowest BCUT2D eigenvalue weighted by Gasteiger charge is -2.23. The van der Waals surface area contributed by atoms with Gasteiger partial charge >= 0.3 is 0 Å². The quantitative estimate of drug-likeness (QED) is 0.659. The van der Waals surface area contributed by atoms with Crippen LogP contribution < -0.4 is 10.3 Å². The van der Waals surface area contributed by atoms with Crippen molar-refractivity contribution < 1.29 is 14.5 Å². The van der Waals surface area contributed by atoms with Gasteiger partial charge in [0.15, 0.2) is 0 Å². The maximum absolute atomic E-state index is 12.3. The summed E-state index contributed by atoms with van der Waals surface area (Å²) in [5.41, 5.74) is 1.61. The van der Waals surface area contributed by atoms with Crippen LogP contribution in [0.5, 0.6) is 0 Å². The van der Waals surface area contributed by atoms with Crippen molar-refractivity contribution in [3.8, 4) is 0 Å². The van der Waals surface area contributed by atoms with Crippen LogP contribution in [0.1, 0.15) is 18.4 Å². The Balaban J connectivity index is 1.67. The summed E-state index contributed by atoms with van der Waals surface area (Å²) in [4.78, 5) is 34.6. The summed E-state index contributed by atoms with van der Waals surface area (Å²) < 4.78 is 0. The van der Waals surface area contributed by atoms with Crippen LogP contribution in [-0.4, -0.2) is 22.4 Å². The minimum atomic E-state index is -0.478. The largest absolute Gasteiger partial charge is 0.347 e. The molecule has 0 aliphatic carbocycles. The zero-order chi connectivity index (χ0) is 18.5. The first kappa shape index (κ1) is 17.3. The number of nitrogens with zero attached hydrogens (tertiary/aromatic N) is 3. The summed E-state index contributed by atoms with van der Waals surface area (Å²) in [6, 6.07) is 14.9. The molecule has 0 bridgehead atoms. The number of nitro groups is 1. The molecule has 3 rings (SSSR count). The number of rotatable bonds is 5. The third kappa shape index (κ3) is 3.92. The van der Waals surface area contributed by atoms with Crippen LogP contribution in [0.25, 0.3) is 0 Å². The molecule has 2 amide bonds. The summed E-state index contributed by atoms with van der Waals surface area (Å²) in [6.45, 7) is 0.217. The summed E-state index contributed by atoms with van der Waals surface area (Å²) in [6.07, 6.45) is 0.479. The van der Waals surface area contributed by atoms with E-state index < -0.39 is 4.92 Å². The maximum Gasteiger partial charge on any atom is 0.269 e. The molecule has 2 aromatic carbocycles. The van der Waals surface area contributed by atoms with E-state index in [1.807, 2.05) is 6.07 Å². The van der Waals surface area contributed by atoms with Gasteiger partial charge in [0.25, 0.3) is 11.6 Å². The van der Waals surface area contributed by atoms with E-state index in [0.717, 1.165) is 5.56 Å². The van der Waals surface area contributed by atoms with E-state index in [-0.39, 0.29) is 42.6 Å². The van der Waals surface area contributed by atoms with E-state index in [1.54, 1.807) is 36.4 Å². The second kappa shape index (κ2) is 7.56. The molecule has 8 heteroatoms. The summed E-state index contributed by atoms with van der Waals surface area (Å²) in [5.74, 6) is -0.528. The molecule has 132 valence electrons. The van der Waals surface area contributed by atoms with Gasteiger partial charge < -0.3 is 5.32 Å². The van der Waals surface area contributed by atoms with Crippen LogP contribution in [0.2, 0.25) is 0 Å². The normalized spacial score (nSPS) is 13.9. The second-order valence-electron chi connectivity index (χ2n) is 5.69. The fraction of sp³-hybridized carbons (Fsp3) is 0.167. The highest BCUT2D eigenvalue weighted by atomic mass is 16.6. The van der Waals surface area contributed by atoms with Crippen LogP contribution >= 0.6 is 0 Å². The molecule has 0 radical (unpaired) electrons. The van der Waals surface area contributed by atoms with Gasteiger partial charge in [-0.3, -0.25) is 19.7 Å². The van der Waals surface area contributed by atoms with Crippen molar-refractivity contribution in [1.82, 2.24) is 5.32 Å². The highest BCUT2D eigenvalue weighted by molar-refractivity contribution is 6.40. The first-order valence-corrected chi connectivity index (χ1v) is 8.01. The first-order chi connectivity index (χ1) is 12.5. The lowest BCUT2D eigenvalue weighted by atomic mass is 10.1. The Labute approximate surface area is 149 Å². The van der Waals surface area contributed by atoms with Crippen molar-refractivity contribution in [1.29, 1.82) is 0 Å². The second-order valence-corrected chi connectivity index (χ2v) is 5.69. The van der Waals surface area contributed by atoms with Crippen molar-refractivity contribution >= 4 is 28.9 Å². The number of carbonyl (C=O) groups is 2. The Bertz CT molecular complexity index is 863. The van der Waals surface area contributed by atoms with Crippen molar-refractivity contribution in [3.63, 3.8) is 0 Å².